The number of halogens is 1. The average Bonchev–Trinajstić information content (AvgIpc) is 2.89. The molecule has 1 atom stereocenters. The molecular formula is C33H44IP. The number of hydrogen-bond acceptors (Lipinski definition) is 0. The second kappa shape index (κ2) is 17.3. The zero-order chi connectivity index (χ0) is 24.4. The van der Waals surface area contributed by atoms with E-state index >= 15 is 0 Å². The Morgan fingerprint density at radius 1 is 0.457 bits per heavy atom. The van der Waals surface area contributed by atoms with Crippen LogP contribution < -0.4 is 0 Å². The molecule has 0 fully saturated rings. The van der Waals surface area contributed by atoms with Gasteiger partial charge in [-0.25, -0.2) is 0 Å². The van der Waals surface area contributed by atoms with Gasteiger partial charge in [0, 0.05) is 0 Å². The predicted octanol–water partition coefficient (Wildman–Crippen LogP) is 10.6. The van der Waals surface area contributed by atoms with E-state index in [0.29, 0.717) is 0 Å². The molecule has 0 N–H and O–H groups in total. The maximum Gasteiger partial charge on any atom is -0.0176 e. The van der Waals surface area contributed by atoms with Crippen molar-refractivity contribution in [1.29, 1.82) is 0 Å². The fraction of sp³-hybridized carbons (Fsp3) is 0.455. The zero-order valence-electron chi connectivity index (χ0n) is 21.4. The summed E-state index contributed by atoms with van der Waals surface area (Å²) in [6.45, 7) is 0. The lowest BCUT2D eigenvalue weighted by atomic mass is 9.69. The molecule has 188 valence electrons. The Balaban J connectivity index is 1.60. The van der Waals surface area contributed by atoms with Crippen molar-refractivity contribution in [2.75, 3.05) is 6.16 Å². The summed E-state index contributed by atoms with van der Waals surface area (Å²) in [6.07, 6.45) is 20.0. The minimum absolute atomic E-state index is 0.253. The van der Waals surface area contributed by atoms with Crippen molar-refractivity contribution in [3.63, 3.8) is 0 Å². The van der Waals surface area contributed by atoms with E-state index in [1.807, 2.05) is 0 Å². The Hall–Kier alpha value is -1.18. The van der Waals surface area contributed by atoms with Gasteiger partial charge in [0.05, 0.1) is 0 Å². The Morgan fingerprint density at radius 2 is 0.800 bits per heavy atom. The molecule has 0 saturated carbocycles. The van der Waals surface area contributed by atoms with Gasteiger partial charge in [-0.2, -0.15) is 0 Å². The van der Waals surface area contributed by atoms with Crippen molar-refractivity contribution in [3.8, 4) is 0 Å². The van der Waals surface area contributed by atoms with Crippen LogP contribution in [-0.2, 0) is 19.3 Å². The lowest BCUT2D eigenvalue weighted by Gasteiger charge is -2.35. The molecule has 35 heavy (non-hydrogen) atoms. The van der Waals surface area contributed by atoms with Gasteiger partial charge in [-0.3, -0.25) is 0 Å². The van der Waals surface area contributed by atoms with Gasteiger partial charge >= 0.3 is 0 Å². The predicted molar refractivity (Wildman–Crippen MR) is 166 cm³/mol. The summed E-state index contributed by atoms with van der Waals surface area (Å²) in [5.41, 5.74) is 4.68. The van der Waals surface area contributed by atoms with Gasteiger partial charge in [0.15, 0.2) is 0 Å². The molecule has 1 unspecified atom stereocenters. The van der Waals surface area contributed by atoms with Crippen molar-refractivity contribution in [1.82, 2.24) is 0 Å². The molecule has 0 bridgehead atoms. The SMILES string of the molecule is IPCCCCCCCCCCCC(Cc1ccccc1)(Cc1ccccc1)Cc1ccccc1. The highest BCUT2D eigenvalue weighted by atomic mass is 127. The molecule has 3 aromatic rings. The third kappa shape index (κ3) is 11.6. The second-order valence-electron chi connectivity index (χ2n) is 10.3. The van der Waals surface area contributed by atoms with Crippen molar-refractivity contribution >= 4 is 28.3 Å². The van der Waals surface area contributed by atoms with E-state index in [9.17, 15) is 0 Å². The van der Waals surface area contributed by atoms with Crippen molar-refractivity contribution < 1.29 is 0 Å². The van der Waals surface area contributed by atoms with Crippen LogP contribution in [-0.4, -0.2) is 6.16 Å². The van der Waals surface area contributed by atoms with Gasteiger partial charge in [0.25, 0.3) is 0 Å². The summed E-state index contributed by atoms with van der Waals surface area (Å²) in [6, 6.07) is 33.6. The first kappa shape index (κ1) is 28.4. The molecule has 0 aliphatic rings. The summed E-state index contributed by atoms with van der Waals surface area (Å²) in [5, 5.41) is 0. The lowest BCUT2D eigenvalue weighted by molar-refractivity contribution is 0.243. The monoisotopic (exact) mass is 598 g/mol. The van der Waals surface area contributed by atoms with Crippen LogP contribution in [0.5, 0.6) is 0 Å². The maximum atomic E-state index is 2.53. The molecule has 0 aliphatic carbocycles. The number of hydrogen-bond donors (Lipinski definition) is 0. The molecule has 3 aromatic carbocycles. The van der Waals surface area contributed by atoms with Gasteiger partial charge in [0.1, 0.15) is 0 Å². The van der Waals surface area contributed by atoms with Crippen molar-refractivity contribution in [3.05, 3.63) is 108 Å². The quantitative estimate of drug-likeness (QED) is 0.0776. The first-order valence-corrected chi connectivity index (χ1v) is 18.1. The Bertz CT molecular complexity index is 793. The highest BCUT2D eigenvalue weighted by Crippen LogP contribution is 2.37. The van der Waals surface area contributed by atoms with Crippen LogP contribution in [0.1, 0.15) is 80.9 Å². The molecule has 2 heteroatoms. The van der Waals surface area contributed by atoms with Gasteiger partial charge in [-0.15, -0.1) is 0 Å². The number of unbranched alkanes of at least 4 members (excludes halogenated alkanes) is 8. The van der Waals surface area contributed by atoms with E-state index in [1.54, 1.807) is 0 Å². The standard InChI is InChI=1S/C33H44IP/c34-35-26-18-7-5-3-1-2-4-6-17-25-33(27-30-19-11-8-12-20-30,28-31-21-13-9-14-22-31)29-32-23-15-10-16-24-32/h8-16,19-24,35H,1-7,17-18,25-29H2. The normalized spacial score (nSPS) is 11.9. The molecular weight excluding hydrogens is 554 g/mol. The molecule has 0 saturated heterocycles. The lowest BCUT2D eigenvalue weighted by Crippen LogP contribution is -2.30. The maximum absolute atomic E-state index is 2.53. The highest BCUT2D eigenvalue weighted by molar-refractivity contribution is 14.2. The smallest absolute Gasteiger partial charge is 0.0176 e. The highest BCUT2D eigenvalue weighted by Gasteiger charge is 2.30. The molecule has 0 nitrogen and oxygen atoms in total. The van der Waals surface area contributed by atoms with Crippen LogP contribution in [0, 0.1) is 5.41 Å². The largest absolute Gasteiger partial charge is 0.0622 e. The van der Waals surface area contributed by atoms with E-state index in [-0.39, 0.29) is 5.41 Å². The van der Waals surface area contributed by atoms with Crippen LogP contribution in [0.25, 0.3) is 0 Å². The summed E-state index contributed by atoms with van der Waals surface area (Å²) in [7, 11) is 0. The molecule has 0 heterocycles. The summed E-state index contributed by atoms with van der Waals surface area (Å²) >= 11 is 2.53. The Morgan fingerprint density at radius 3 is 1.17 bits per heavy atom. The number of rotatable bonds is 18. The van der Waals surface area contributed by atoms with Crippen LogP contribution in [0.15, 0.2) is 91.0 Å². The van der Waals surface area contributed by atoms with Crippen LogP contribution in [0.4, 0.5) is 0 Å². The van der Waals surface area contributed by atoms with Crippen LogP contribution in [0.2, 0.25) is 0 Å². The van der Waals surface area contributed by atoms with E-state index < -0.39 is 0 Å². The zero-order valence-corrected chi connectivity index (χ0v) is 24.6. The van der Waals surface area contributed by atoms with E-state index in [2.05, 4.69) is 113 Å². The summed E-state index contributed by atoms with van der Waals surface area (Å²) in [5.74, 6) is 0. The third-order valence-electron chi connectivity index (χ3n) is 7.24. The first-order chi connectivity index (χ1) is 17.3. The van der Waals surface area contributed by atoms with Gasteiger partial charge < -0.3 is 0 Å². The fourth-order valence-corrected chi connectivity index (χ4v) is 7.00. The first-order valence-electron chi connectivity index (χ1n) is 13.7. The van der Waals surface area contributed by atoms with Gasteiger partial charge in [-0.1, -0.05) is 171 Å². The molecule has 0 spiro atoms. The number of benzene rings is 3. The van der Waals surface area contributed by atoms with Gasteiger partial charge in [-0.05, 0) is 60.4 Å². The van der Waals surface area contributed by atoms with E-state index in [4.69, 9.17) is 0 Å². The average molecular weight is 599 g/mol. The minimum atomic E-state index is 0.253. The fourth-order valence-electron chi connectivity index (χ4n) is 5.47. The minimum Gasteiger partial charge on any atom is -0.0622 e. The van der Waals surface area contributed by atoms with Crippen molar-refractivity contribution in [2.24, 2.45) is 5.41 Å². The van der Waals surface area contributed by atoms with E-state index in [0.717, 1.165) is 25.5 Å². The third-order valence-corrected chi connectivity index (χ3v) is 9.40. The molecule has 0 radical (unpaired) electrons. The van der Waals surface area contributed by atoms with Crippen molar-refractivity contribution in [2.45, 2.75) is 83.5 Å². The van der Waals surface area contributed by atoms with E-state index in [1.165, 1.54) is 87.1 Å². The Labute approximate surface area is 230 Å². The van der Waals surface area contributed by atoms with Crippen LogP contribution >= 0.6 is 28.3 Å². The molecule has 0 aliphatic heterocycles. The molecule has 0 amide bonds. The van der Waals surface area contributed by atoms with Gasteiger partial charge in [0.2, 0.25) is 0 Å². The molecule has 3 rings (SSSR count). The summed E-state index contributed by atoms with van der Waals surface area (Å²) < 4.78 is 0. The topological polar surface area (TPSA) is 0 Å². The Kier molecular flexibility index (Phi) is 14.0. The molecule has 0 aromatic heterocycles. The van der Waals surface area contributed by atoms with Crippen LogP contribution in [0.3, 0.4) is 0 Å². The summed E-state index contributed by atoms with van der Waals surface area (Å²) in [4.78, 5) is 0. The second-order valence-corrected chi connectivity index (χ2v) is 13.4.